The third kappa shape index (κ3) is 4.38. The minimum Gasteiger partial charge on any atom is -0.388 e. The van der Waals surface area contributed by atoms with Crippen LogP contribution in [-0.2, 0) is 18.0 Å². The number of rotatable bonds is 5. The minimum atomic E-state index is 0.300. The smallest absolute Gasteiger partial charge is 0.122 e. The highest BCUT2D eigenvalue weighted by atomic mass is 79.9. The predicted molar refractivity (Wildman–Crippen MR) is 82.8 cm³/mol. The molecule has 19 heavy (non-hydrogen) atoms. The van der Waals surface area contributed by atoms with Gasteiger partial charge in [0.25, 0.3) is 0 Å². The fraction of sp³-hybridized carbons (Fsp3) is 0.143. The fourth-order valence-electron chi connectivity index (χ4n) is 1.61. The first-order chi connectivity index (χ1) is 9.15. The molecule has 2 aromatic rings. The first kappa shape index (κ1) is 14.1. The highest BCUT2D eigenvalue weighted by Crippen LogP contribution is 2.13. The Hall–Kier alpha value is -1.30. The van der Waals surface area contributed by atoms with E-state index < -0.39 is 0 Å². The number of hydrogen-bond donors (Lipinski definition) is 1. The van der Waals surface area contributed by atoms with Gasteiger partial charge in [0, 0.05) is 10.7 Å². The number of hydrogen-bond acceptors (Lipinski definition) is 3. The second-order valence-corrected chi connectivity index (χ2v) is 5.39. The summed E-state index contributed by atoms with van der Waals surface area (Å²) in [6.07, 6.45) is 1.69. The largest absolute Gasteiger partial charge is 0.388 e. The normalized spacial score (nSPS) is 10.4. The lowest BCUT2D eigenvalue weighted by atomic mass is 10.2. The van der Waals surface area contributed by atoms with Gasteiger partial charge >= 0.3 is 0 Å². The Kier molecular flexibility index (Phi) is 5.01. The van der Waals surface area contributed by atoms with Crippen molar-refractivity contribution in [2.24, 2.45) is 5.73 Å². The Morgan fingerprint density at radius 1 is 1.21 bits per heavy atom. The second-order valence-electron chi connectivity index (χ2n) is 4.04. The van der Waals surface area contributed by atoms with Crippen LogP contribution in [0.25, 0.3) is 0 Å². The van der Waals surface area contributed by atoms with Crippen molar-refractivity contribution in [1.29, 1.82) is 0 Å². The Labute approximate surface area is 125 Å². The van der Waals surface area contributed by atoms with Crippen LogP contribution in [0.1, 0.15) is 16.8 Å². The van der Waals surface area contributed by atoms with Crippen LogP contribution >= 0.6 is 28.1 Å². The van der Waals surface area contributed by atoms with Gasteiger partial charge in [0.2, 0.25) is 0 Å². The van der Waals surface area contributed by atoms with E-state index in [-0.39, 0.29) is 0 Å². The quantitative estimate of drug-likeness (QED) is 0.852. The summed E-state index contributed by atoms with van der Waals surface area (Å²) in [5.74, 6) is 0. The summed E-state index contributed by atoms with van der Waals surface area (Å²) in [6, 6.07) is 11.8. The molecule has 0 saturated carbocycles. The van der Waals surface area contributed by atoms with Crippen molar-refractivity contribution in [2.45, 2.75) is 13.2 Å². The molecule has 0 amide bonds. The van der Waals surface area contributed by atoms with Gasteiger partial charge < -0.3 is 10.5 Å². The maximum atomic E-state index is 5.66. The number of pyridine rings is 1. The van der Waals surface area contributed by atoms with E-state index in [9.17, 15) is 0 Å². The van der Waals surface area contributed by atoms with Crippen LogP contribution in [0.3, 0.4) is 0 Å². The minimum absolute atomic E-state index is 0.300. The number of aromatic nitrogens is 1. The Balaban J connectivity index is 1.92. The molecular formula is C14H13BrN2OS. The van der Waals surface area contributed by atoms with E-state index in [2.05, 4.69) is 20.9 Å². The molecule has 0 unspecified atom stereocenters. The molecule has 98 valence electrons. The fourth-order valence-corrected chi connectivity index (χ4v) is 2.17. The molecule has 0 fully saturated rings. The zero-order chi connectivity index (χ0) is 13.7. The zero-order valence-corrected chi connectivity index (χ0v) is 12.6. The predicted octanol–water partition coefficient (Wildman–Crippen LogP) is 3.20. The van der Waals surface area contributed by atoms with Gasteiger partial charge in [-0.05, 0) is 35.4 Å². The molecule has 5 heteroatoms. The SMILES string of the molecule is NC(=S)c1cc(COCc2cccc(Br)c2)ccn1. The summed E-state index contributed by atoms with van der Waals surface area (Å²) in [5, 5.41) is 0. The summed E-state index contributed by atoms with van der Waals surface area (Å²) < 4.78 is 6.71. The molecular weight excluding hydrogens is 324 g/mol. The zero-order valence-electron chi connectivity index (χ0n) is 10.2. The first-order valence-corrected chi connectivity index (χ1v) is 6.92. The molecule has 2 N–H and O–H groups in total. The molecule has 0 saturated heterocycles. The van der Waals surface area contributed by atoms with E-state index in [1.54, 1.807) is 6.20 Å². The van der Waals surface area contributed by atoms with Crippen LogP contribution < -0.4 is 5.73 Å². The van der Waals surface area contributed by atoms with Crippen LogP contribution in [0.15, 0.2) is 47.1 Å². The van der Waals surface area contributed by atoms with Gasteiger partial charge in [-0.15, -0.1) is 0 Å². The van der Waals surface area contributed by atoms with E-state index in [0.717, 1.165) is 15.6 Å². The monoisotopic (exact) mass is 336 g/mol. The van der Waals surface area contributed by atoms with Gasteiger partial charge in [0.15, 0.2) is 0 Å². The van der Waals surface area contributed by atoms with Crippen LogP contribution in [0.5, 0.6) is 0 Å². The molecule has 3 nitrogen and oxygen atoms in total. The molecule has 0 radical (unpaired) electrons. The van der Waals surface area contributed by atoms with Gasteiger partial charge in [0.05, 0.1) is 18.9 Å². The van der Waals surface area contributed by atoms with Gasteiger partial charge in [0.1, 0.15) is 4.99 Å². The molecule has 1 aromatic carbocycles. The summed E-state index contributed by atoms with van der Waals surface area (Å²) in [6.45, 7) is 1.06. The molecule has 0 spiro atoms. The van der Waals surface area contributed by atoms with Crippen molar-refractivity contribution in [3.63, 3.8) is 0 Å². The van der Waals surface area contributed by atoms with Crippen LogP contribution in [0.4, 0.5) is 0 Å². The van der Waals surface area contributed by atoms with Crippen molar-refractivity contribution in [1.82, 2.24) is 4.98 Å². The highest BCUT2D eigenvalue weighted by molar-refractivity contribution is 9.10. The number of nitrogens with zero attached hydrogens (tertiary/aromatic N) is 1. The lowest BCUT2D eigenvalue weighted by molar-refractivity contribution is 0.107. The average Bonchev–Trinajstić information content (AvgIpc) is 2.39. The standard InChI is InChI=1S/C14H13BrN2OS/c15-12-3-1-2-10(6-12)8-18-9-11-4-5-17-13(7-11)14(16)19/h1-7H,8-9H2,(H2,16,19). The van der Waals surface area contributed by atoms with E-state index in [1.165, 1.54) is 0 Å². The van der Waals surface area contributed by atoms with E-state index in [4.69, 9.17) is 22.7 Å². The Morgan fingerprint density at radius 2 is 1.95 bits per heavy atom. The third-order valence-corrected chi connectivity index (χ3v) is 3.21. The summed E-state index contributed by atoms with van der Waals surface area (Å²) in [7, 11) is 0. The topological polar surface area (TPSA) is 48.1 Å². The maximum absolute atomic E-state index is 5.66. The van der Waals surface area contributed by atoms with Crippen molar-refractivity contribution < 1.29 is 4.74 Å². The molecule has 2 rings (SSSR count). The van der Waals surface area contributed by atoms with Gasteiger partial charge in [-0.3, -0.25) is 4.98 Å². The van der Waals surface area contributed by atoms with Crippen LogP contribution in [-0.4, -0.2) is 9.97 Å². The molecule has 1 heterocycles. The number of benzene rings is 1. The lowest BCUT2D eigenvalue weighted by Gasteiger charge is -2.06. The first-order valence-electron chi connectivity index (χ1n) is 5.72. The highest BCUT2D eigenvalue weighted by Gasteiger charge is 2.01. The van der Waals surface area contributed by atoms with Crippen molar-refractivity contribution >= 4 is 33.1 Å². The van der Waals surface area contributed by atoms with E-state index >= 15 is 0 Å². The Bertz CT molecular complexity index is 589. The van der Waals surface area contributed by atoms with Gasteiger partial charge in [-0.1, -0.05) is 40.3 Å². The van der Waals surface area contributed by atoms with Crippen molar-refractivity contribution in [3.8, 4) is 0 Å². The van der Waals surface area contributed by atoms with Gasteiger partial charge in [-0.25, -0.2) is 0 Å². The van der Waals surface area contributed by atoms with E-state index in [0.29, 0.717) is 23.9 Å². The molecule has 1 aromatic heterocycles. The third-order valence-electron chi connectivity index (χ3n) is 2.50. The van der Waals surface area contributed by atoms with E-state index in [1.807, 2.05) is 36.4 Å². The molecule has 0 aliphatic rings. The molecule has 0 bridgehead atoms. The Morgan fingerprint density at radius 3 is 2.63 bits per heavy atom. The average molecular weight is 337 g/mol. The second kappa shape index (κ2) is 6.75. The number of halogens is 1. The summed E-state index contributed by atoms with van der Waals surface area (Å²) in [4.78, 5) is 4.39. The van der Waals surface area contributed by atoms with Crippen LogP contribution in [0, 0.1) is 0 Å². The maximum Gasteiger partial charge on any atom is 0.122 e. The number of nitrogens with two attached hydrogens (primary N) is 1. The molecule has 0 aliphatic heterocycles. The van der Waals surface area contributed by atoms with Crippen molar-refractivity contribution in [3.05, 3.63) is 63.9 Å². The number of ether oxygens (including phenoxy) is 1. The molecule has 0 aliphatic carbocycles. The summed E-state index contributed by atoms with van der Waals surface area (Å²) >= 11 is 8.33. The molecule has 0 atom stereocenters. The summed E-state index contributed by atoms with van der Waals surface area (Å²) in [5.41, 5.74) is 8.30. The van der Waals surface area contributed by atoms with Gasteiger partial charge in [-0.2, -0.15) is 0 Å². The van der Waals surface area contributed by atoms with Crippen LogP contribution in [0.2, 0.25) is 0 Å². The lowest BCUT2D eigenvalue weighted by Crippen LogP contribution is -2.11. The van der Waals surface area contributed by atoms with Crippen molar-refractivity contribution in [2.75, 3.05) is 0 Å². The number of thiocarbonyl (C=S) groups is 1.